The Kier molecular flexibility index (Phi) is 5.12. The van der Waals surface area contributed by atoms with Gasteiger partial charge in [-0.05, 0) is 12.3 Å². The van der Waals surface area contributed by atoms with Gasteiger partial charge in [0.05, 0.1) is 4.99 Å². The number of hydrogen-bond donors (Lipinski definition) is 0. The molecule has 0 radical (unpaired) electrons. The maximum absolute atomic E-state index is 5.16. The highest BCUT2D eigenvalue weighted by atomic mass is 32.1. The number of hydrogen-bond acceptors (Lipinski definition) is 1. The van der Waals surface area contributed by atoms with E-state index in [1.165, 1.54) is 0 Å². The van der Waals surface area contributed by atoms with Crippen LogP contribution in [-0.2, 0) is 0 Å². The van der Waals surface area contributed by atoms with Gasteiger partial charge in [0.15, 0.2) is 0 Å². The van der Waals surface area contributed by atoms with Gasteiger partial charge in [-0.15, -0.1) is 6.58 Å². The van der Waals surface area contributed by atoms with E-state index in [1.54, 1.807) is 0 Å². The Hall–Kier alpha value is -0.370. The third-order valence-corrected chi connectivity index (χ3v) is 2.12. The van der Waals surface area contributed by atoms with E-state index in [-0.39, 0.29) is 0 Å². The van der Waals surface area contributed by atoms with E-state index in [9.17, 15) is 0 Å². The SMILES string of the molecule is C=CCC(C)CC(=S)N(C)C. The van der Waals surface area contributed by atoms with Gasteiger partial charge in [-0.25, -0.2) is 0 Å². The van der Waals surface area contributed by atoms with Crippen LogP contribution in [0.3, 0.4) is 0 Å². The fourth-order valence-corrected chi connectivity index (χ4v) is 1.13. The van der Waals surface area contributed by atoms with Crippen LogP contribution >= 0.6 is 12.2 Å². The van der Waals surface area contributed by atoms with Crippen molar-refractivity contribution in [3.8, 4) is 0 Å². The molecule has 1 unspecified atom stereocenters. The second-order valence-corrected chi connectivity index (χ2v) is 3.59. The lowest BCUT2D eigenvalue weighted by molar-refractivity contribution is 0.556. The maximum Gasteiger partial charge on any atom is 0.0776 e. The lowest BCUT2D eigenvalue weighted by Crippen LogP contribution is -2.21. The largest absolute Gasteiger partial charge is 0.372 e. The average Bonchev–Trinajstić information content (AvgIpc) is 1.87. The van der Waals surface area contributed by atoms with Crippen molar-refractivity contribution in [2.24, 2.45) is 5.92 Å². The topological polar surface area (TPSA) is 3.24 Å². The fourth-order valence-electron chi connectivity index (χ4n) is 0.849. The van der Waals surface area contributed by atoms with E-state index in [0.717, 1.165) is 17.8 Å². The Morgan fingerprint density at radius 3 is 2.55 bits per heavy atom. The van der Waals surface area contributed by atoms with Crippen molar-refractivity contribution in [2.45, 2.75) is 19.8 Å². The van der Waals surface area contributed by atoms with E-state index in [2.05, 4.69) is 13.5 Å². The third-order valence-electron chi connectivity index (χ3n) is 1.59. The van der Waals surface area contributed by atoms with Crippen LogP contribution in [0.2, 0.25) is 0 Å². The molecule has 0 fully saturated rings. The zero-order valence-corrected chi connectivity index (χ0v) is 8.45. The Morgan fingerprint density at radius 1 is 1.64 bits per heavy atom. The van der Waals surface area contributed by atoms with Gasteiger partial charge >= 0.3 is 0 Å². The first-order chi connectivity index (χ1) is 5.07. The molecular weight excluding hydrogens is 154 g/mol. The highest BCUT2D eigenvalue weighted by Gasteiger charge is 2.04. The Balaban J connectivity index is 3.65. The number of allylic oxidation sites excluding steroid dienone is 1. The van der Waals surface area contributed by atoms with Gasteiger partial charge in [-0.3, -0.25) is 0 Å². The zero-order chi connectivity index (χ0) is 8.85. The summed E-state index contributed by atoms with van der Waals surface area (Å²) in [5, 5.41) is 0. The van der Waals surface area contributed by atoms with Crippen LogP contribution in [0, 0.1) is 5.92 Å². The van der Waals surface area contributed by atoms with Crippen molar-refractivity contribution < 1.29 is 0 Å². The number of thiocarbonyl (C=S) groups is 1. The lowest BCUT2D eigenvalue weighted by Gasteiger charge is -2.16. The van der Waals surface area contributed by atoms with E-state index in [1.807, 2.05) is 25.1 Å². The summed E-state index contributed by atoms with van der Waals surface area (Å²) >= 11 is 5.16. The normalized spacial score (nSPS) is 12.3. The first-order valence-corrected chi connectivity index (χ1v) is 4.29. The molecular formula is C9H17NS. The molecule has 0 N–H and O–H groups in total. The molecule has 0 aromatic carbocycles. The van der Waals surface area contributed by atoms with Crippen LogP contribution in [0.25, 0.3) is 0 Å². The summed E-state index contributed by atoms with van der Waals surface area (Å²) in [6, 6.07) is 0. The molecule has 0 rings (SSSR count). The first-order valence-electron chi connectivity index (χ1n) is 3.89. The average molecular weight is 171 g/mol. The van der Waals surface area contributed by atoms with E-state index in [4.69, 9.17) is 12.2 Å². The van der Waals surface area contributed by atoms with Gasteiger partial charge in [0.25, 0.3) is 0 Å². The molecule has 11 heavy (non-hydrogen) atoms. The number of rotatable bonds is 4. The first kappa shape index (κ1) is 10.6. The van der Waals surface area contributed by atoms with Gasteiger partial charge in [0.1, 0.15) is 0 Å². The summed E-state index contributed by atoms with van der Waals surface area (Å²) in [6.45, 7) is 5.89. The zero-order valence-electron chi connectivity index (χ0n) is 7.63. The Morgan fingerprint density at radius 2 is 2.18 bits per heavy atom. The van der Waals surface area contributed by atoms with E-state index in [0.29, 0.717) is 5.92 Å². The monoisotopic (exact) mass is 171 g/mol. The Bertz CT molecular complexity index is 140. The van der Waals surface area contributed by atoms with Crippen LogP contribution in [0.5, 0.6) is 0 Å². The summed E-state index contributed by atoms with van der Waals surface area (Å²) in [6.07, 6.45) is 3.99. The van der Waals surface area contributed by atoms with Crippen LogP contribution in [0.15, 0.2) is 12.7 Å². The predicted molar refractivity (Wildman–Crippen MR) is 54.9 cm³/mol. The molecule has 0 aliphatic carbocycles. The molecule has 0 aliphatic heterocycles. The summed E-state index contributed by atoms with van der Waals surface area (Å²) in [5.74, 6) is 0.627. The molecule has 1 nitrogen and oxygen atoms in total. The van der Waals surface area contributed by atoms with Gasteiger partial charge in [-0.2, -0.15) is 0 Å². The Labute approximate surface area is 75.1 Å². The minimum atomic E-state index is 0.627. The number of nitrogens with zero attached hydrogens (tertiary/aromatic N) is 1. The van der Waals surface area contributed by atoms with Crippen molar-refractivity contribution in [1.82, 2.24) is 4.90 Å². The molecule has 0 aromatic rings. The molecule has 0 saturated heterocycles. The molecule has 0 aliphatic rings. The second kappa shape index (κ2) is 5.30. The van der Waals surface area contributed by atoms with Crippen molar-refractivity contribution in [1.29, 1.82) is 0 Å². The molecule has 64 valence electrons. The van der Waals surface area contributed by atoms with E-state index < -0.39 is 0 Å². The van der Waals surface area contributed by atoms with Gasteiger partial charge in [-0.1, -0.05) is 25.2 Å². The standard InChI is InChI=1S/C9H17NS/c1-5-6-8(2)7-9(11)10(3)4/h5,8H,1,6-7H2,2-4H3. The van der Waals surface area contributed by atoms with Gasteiger partial charge in [0, 0.05) is 20.5 Å². The third kappa shape index (κ3) is 4.96. The lowest BCUT2D eigenvalue weighted by atomic mass is 10.0. The quantitative estimate of drug-likeness (QED) is 0.472. The van der Waals surface area contributed by atoms with Crippen LogP contribution in [-0.4, -0.2) is 24.0 Å². The molecule has 0 heterocycles. The summed E-state index contributed by atoms with van der Waals surface area (Å²) in [5.41, 5.74) is 0. The maximum atomic E-state index is 5.16. The second-order valence-electron chi connectivity index (χ2n) is 3.12. The van der Waals surface area contributed by atoms with Gasteiger partial charge < -0.3 is 4.90 Å². The van der Waals surface area contributed by atoms with Crippen LogP contribution in [0.4, 0.5) is 0 Å². The van der Waals surface area contributed by atoms with Crippen molar-refractivity contribution in [3.05, 3.63) is 12.7 Å². The van der Waals surface area contributed by atoms with Gasteiger partial charge in [0.2, 0.25) is 0 Å². The van der Waals surface area contributed by atoms with Crippen LogP contribution < -0.4 is 0 Å². The van der Waals surface area contributed by atoms with Crippen molar-refractivity contribution in [2.75, 3.05) is 14.1 Å². The summed E-state index contributed by atoms with van der Waals surface area (Å²) in [4.78, 5) is 3.02. The molecule has 0 aromatic heterocycles. The molecule has 0 spiro atoms. The van der Waals surface area contributed by atoms with E-state index >= 15 is 0 Å². The van der Waals surface area contributed by atoms with Crippen molar-refractivity contribution >= 4 is 17.2 Å². The molecule has 0 bridgehead atoms. The fraction of sp³-hybridized carbons (Fsp3) is 0.667. The minimum Gasteiger partial charge on any atom is -0.372 e. The van der Waals surface area contributed by atoms with Crippen LogP contribution in [0.1, 0.15) is 19.8 Å². The minimum absolute atomic E-state index is 0.627. The molecule has 0 amide bonds. The molecule has 2 heteroatoms. The predicted octanol–water partition coefficient (Wildman–Crippen LogP) is 2.48. The summed E-state index contributed by atoms with van der Waals surface area (Å²) in [7, 11) is 3.98. The summed E-state index contributed by atoms with van der Waals surface area (Å²) < 4.78 is 0. The highest BCUT2D eigenvalue weighted by Crippen LogP contribution is 2.09. The molecule has 0 saturated carbocycles. The highest BCUT2D eigenvalue weighted by molar-refractivity contribution is 7.80. The molecule has 1 atom stereocenters. The van der Waals surface area contributed by atoms with Crippen molar-refractivity contribution in [3.63, 3.8) is 0 Å². The smallest absolute Gasteiger partial charge is 0.0776 e.